The van der Waals surface area contributed by atoms with Gasteiger partial charge in [0.1, 0.15) is 6.17 Å². The molecule has 2 nitrogen and oxygen atoms in total. The van der Waals surface area contributed by atoms with Crippen LogP contribution in [0.4, 0.5) is 0 Å². The molecule has 6 aromatic carbocycles. The number of rotatable bonds is 4. The highest BCUT2D eigenvalue weighted by molar-refractivity contribution is 7.99. The second-order valence-corrected chi connectivity index (χ2v) is 13.1. The summed E-state index contributed by atoms with van der Waals surface area (Å²) in [6.07, 6.45) is -0.127. The molecule has 0 fully saturated rings. The van der Waals surface area contributed by atoms with Crippen molar-refractivity contribution in [3.8, 4) is 22.3 Å². The number of hydrogen-bond acceptors (Lipinski definition) is 3. The van der Waals surface area contributed by atoms with E-state index in [1.165, 1.54) is 43.2 Å². The molecule has 6 aromatic rings. The largest absolute Gasteiger partial charge is 0.359 e. The molecule has 0 aliphatic carbocycles. The molecule has 1 N–H and O–H groups in total. The van der Waals surface area contributed by atoms with Crippen LogP contribution in [-0.4, -0.2) is 0 Å². The van der Waals surface area contributed by atoms with Crippen LogP contribution in [0.5, 0.6) is 0 Å². The maximum atomic E-state index is 5.03. The Balaban J connectivity index is 1.20. The van der Waals surface area contributed by atoms with E-state index < -0.39 is 0 Å². The van der Waals surface area contributed by atoms with Gasteiger partial charge < -0.3 is 5.32 Å². The summed E-state index contributed by atoms with van der Waals surface area (Å²) in [5, 5.41) is 5.88. The molecule has 2 aliphatic heterocycles. The van der Waals surface area contributed by atoms with Gasteiger partial charge in [-0.1, -0.05) is 159 Å². The summed E-state index contributed by atoms with van der Waals surface area (Å²) in [6, 6.07) is 52.4. The summed E-state index contributed by atoms with van der Waals surface area (Å²) in [5.41, 5.74) is 11.1. The zero-order valence-electron chi connectivity index (χ0n) is 24.8. The van der Waals surface area contributed by atoms with E-state index in [4.69, 9.17) is 4.99 Å². The average molecular weight is 585 g/mol. The number of benzene rings is 6. The molecule has 44 heavy (non-hydrogen) atoms. The molecule has 212 valence electrons. The van der Waals surface area contributed by atoms with Gasteiger partial charge in [-0.25, -0.2) is 0 Å². The minimum Gasteiger partial charge on any atom is -0.359 e. The van der Waals surface area contributed by atoms with E-state index in [2.05, 4.69) is 159 Å². The zero-order chi connectivity index (χ0) is 29.7. The van der Waals surface area contributed by atoms with Gasteiger partial charge in [-0.3, -0.25) is 4.99 Å². The van der Waals surface area contributed by atoms with Crippen LogP contribution < -0.4 is 15.9 Å². The van der Waals surface area contributed by atoms with E-state index >= 15 is 0 Å². The van der Waals surface area contributed by atoms with Crippen LogP contribution in [0.25, 0.3) is 28.0 Å². The van der Waals surface area contributed by atoms with Crippen molar-refractivity contribution >= 4 is 17.5 Å². The Bertz CT molecular complexity index is 2150. The SMILES string of the molecule is CC1(C)c2ccccc2Sc2c(-c3ccccc3-c3ccc(C4=c5ccccc5=NC(c5ccccc5)N4)cc3)cccc21. The van der Waals surface area contributed by atoms with Gasteiger partial charge in [0.2, 0.25) is 0 Å². The van der Waals surface area contributed by atoms with E-state index in [9.17, 15) is 0 Å². The maximum absolute atomic E-state index is 5.03. The number of para-hydroxylation sites is 1. The van der Waals surface area contributed by atoms with Gasteiger partial charge >= 0.3 is 0 Å². The van der Waals surface area contributed by atoms with Crippen molar-refractivity contribution in [3.63, 3.8) is 0 Å². The van der Waals surface area contributed by atoms with E-state index in [1.807, 2.05) is 17.8 Å². The van der Waals surface area contributed by atoms with Gasteiger partial charge in [0.05, 0.1) is 11.1 Å². The van der Waals surface area contributed by atoms with Crippen LogP contribution in [0, 0.1) is 0 Å². The molecule has 0 bridgehead atoms. The first-order valence-corrected chi connectivity index (χ1v) is 16.0. The van der Waals surface area contributed by atoms with Gasteiger partial charge in [0.25, 0.3) is 0 Å². The average Bonchev–Trinajstić information content (AvgIpc) is 3.08. The smallest absolute Gasteiger partial charge is 0.145 e. The second-order valence-electron chi connectivity index (χ2n) is 12.0. The first-order chi connectivity index (χ1) is 21.6. The molecule has 0 aromatic heterocycles. The van der Waals surface area contributed by atoms with Gasteiger partial charge in [-0.05, 0) is 56.6 Å². The van der Waals surface area contributed by atoms with E-state index in [-0.39, 0.29) is 11.6 Å². The summed E-state index contributed by atoms with van der Waals surface area (Å²) in [4.78, 5) is 7.73. The lowest BCUT2D eigenvalue weighted by Gasteiger charge is -2.35. The molecular weight excluding hydrogens is 553 g/mol. The predicted molar refractivity (Wildman–Crippen MR) is 182 cm³/mol. The van der Waals surface area contributed by atoms with Gasteiger partial charge in [0, 0.05) is 20.4 Å². The van der Waals surface area contributed by atoms with Crippen LogP contribution >= 0.6 is 11.8 Å². The van der Waals surface area contributed by atoms with E-state index in [1.54, 1.807) is 0 Å². The maximum Gasteiger partial charge on any atom is 0.145 e. The summed E-state index contributed by atoms with van der Waals surface area (Å²) in [6.45, 7) is 4.70. The topological polar surface area (TPSA) is 24.4 Å². The van der Waals surface area contributed by atoms with Crippen LogP contribution in [0.3, 0.4) is 0 Å². The summed E-state index contributed by atoms with van der Waals surface area (Å²) in [7, 11) is 0. The molecule has 3 heteroatoms. The molecule has 0 saturated heterocycles. The Morgan fingerprint density at radius 3 is 2.05 bits per heavy atom. The summed E-state index contributed by atoms with van der Waals surface area (Å²) >= 11 is 1.90. The first-order valence-electron chi connectivity index (χ1n) is 15.2. The second kappa shape index (κ2) is 10.7. The molecule has 2 aliphatic rings. The third kappa shape index (κ3) is 4.47. The Morgan fingerprint density at radius 2 is 1.20 bits per heavy atom. The molecule has 0 amide bonds. The standard InChI is InChI=1S/C41H32N2S/c1-41(2)34-19-9-11-22-37(34)44-39-32(18-12-20-35(39)41)31-16-7-6-15-30(31)27-23-25-28(26-24-27)38-33-17-8-10-21-36(33)42-40(43-38)29-13-4-3-5-14-29/h3-26,40,43H,1-2H3. The number of nitrogens with one attached hydrogen (secondary N) is 1. The van der Waals surface area contributed by atoms with Crippen LogP contribution in [0.15, 0.2) is 160 Å². The molecule has 1 atom stereocenters. The van der Waals surface area contributed by atoms with Crippen molar-refractivity contribution < 1.29 is 0 Å². The van der Waals surface area contributed by atoms with Crippen LogP contribution in [0.1, 0.15) is 42.3 Å². The quantitative estimate of drug-likeness (QED) is 0.224. The third-order valence-corrected chi connectivity index (χ3v) is 10.2. The van der Waals surface area contributed by atoms with Crippen molar-refractivity contribution in [1.82, 2.24) is 5.32 Å². The third-order valence-electron chi connectivity index (χ3n) is 9.00. The molecular formula is C41H32N2S. The van der Waals surface area contributed by atoms with Crippen molar-refractivity contribution in [2.45, 2.75) is 35.2 Å². The molecule has 1 unspecified atom stereocenters. The number of nitrogens with zero attached hydrogens (tertiary/aromatic N) is 1. The zero-order valence-corrected chi connectivity index (χ0v) is 25.6. The lowest BCUT2D eigenvalue weighted by molar-refractivity contribution is 0.608. The predicted octanol–water partition coefficient (Wildman–Crippen LogP) is 8.89. The van der Waals surface area contributed by atoms with Gasteiger partial charge in [-0.2, -0.15) is 0 Å². The molecule has 0 saturated carbocycles. The number of hydrogen-bond donors (Lipinski definition) is 1. The first kappa shape index (κ1) is 26.7. The molecule has 0 spiro atoms. The minimum absolute atomic E-state index is 0.0613. The Hall–Kier alpha value is -4.86. The van der Waals surface area contributed by atoms with E-state index in [0.717, 1.165) is 27.4 Å². The Kier molecular flexibility index (Phi) is 6.50. The van der Waals surface area contributed by atoms with Crippen LogP contribution in [0.2, 0.25) is 0 Å². The number of fused-ring (bicyclic) bond motifs is 3. The normalized spacial score (nSPS) is 16.1. The lowest BCUT2D eigenvalue weighted by atomic mass is 9.76. The van der Waals surface area contributed by atoms with Crippen molar-refractivity contribution in [1.29, 1.82) is 0 Å². The lowest BCUT2D eigenvalue weighted by Crippen LogP contribution is -2.39. The van der Waals surface area contributed by atoms with Crippen LogP contribution in [-0.2, 0) is 5.41 Å². The highest BCUT2D eigenvalue weighted by atomic mass is 32.2. The molecule has 0 radical (unpaired) electrons. The summed E-state index contributed by atoms with van der Waals surface area (Å²) < 4.78 is 0. The fourth-order valence-electron chi connectivity index (χ4n) is 6.68. The Labute approximate surface area is 262 Å². The van der Waals surface area contributed by atoms with Gasteiger partial charge in [-0.15, -0.1) is 0 Å². The van der Waals surface area contributed by atoms with Crippen molar-refractivity contribution in [2.75, 3.05) is 0 Å². The van der Waals surface area contributed by atoms with E-state index in [0.29, 0.717) is 0 Å². The fraction of sp³-hybridized carbons (Fsp3) is 0.0976. The van der Waals surface area contributed by atoms with Crippen molar-refractivity contribution in [2.24, 2.45) is 4.99 Å². The van der Waals surface area contributed by atoms with Crippen molar-refractivity contribution in [3.05, 3.63) is 178 Å². The monoisotopic (exact) mass is 584 g/mol. The highest BCUT2D eigenvalue weighted by Crippen LogP contribution is 2.52. The molecule has 2 heterocycles. The van der Waals surface area contributed by atoms with Gasteiger partial charge in [0.15, 0.2) is 0 Å². The minimum atomic E-state index is -0.127. The molecule has 8 rings (SSSR count). The highest BCUT2D eigenvalue weighted by Gasteiger charge is 2.34. The summed E-state index contributed by atoms with van der Waals surface area (Å²) in [5.74, 6) is 0. The fourth-order valence-corrected chi connectivity index (χ4v) is 8.20. The Morgan fingerprint density at radius 1 is 0.568 bits per heavy atom.